The Bertz CT molecular complexity index is 588. The Morgan fingerprint density at radius 3 is 0.852 bits per heavy atom. The van der Waals surface area contributed by atoms with Crippen LogP contribution >= 0.6 is 15.6 Å². The number of phosphoric acid groups is 2. The molecule has 0 heterocycles. The molecule has 0 saturated carbocycles. The van der Waals surface area contributed by atoms with E-state index in [0.29, 0.717) is 11.5 Å². The summed E-state index contributed by atoms with van der Waals surface area (Å²) in [7, 11) is -10.8. The Morgan fingerprint density at radius 2 is 0.741 bits per heavy atom. The van der Waals surface area contributed by atoms with Gasteiger partial charge in [-0.3, -0.25) is 0 Å². The van der Waals surface area contributed by atoms with Crippen molar-refractivity contribution in [2.45, 2.75) is 13.8 Å². The third kappa shape index (κ3) is 36.6. The van der Waals surface area contributed by atoms with Crippen molar-refractivity contribution in [3.63, 3.8) is 0 Å². The molecule has 13 heteroatoms. The Labute approximate surface area is 170 Å². The van der Waals surface area contributed by atoms with E-state index in [1.807, 2.05) is 38.1 Å². The van der Waals surface area contributed by atoms with E-state index in [9.17, 15) is 0 Å². The SMILES string of the molecule is Cc1ccc(O)cc1.Cc1ccc(O)cc1.O=P([O-])([O-])[O-].O=P([O-])([O-])[O-].[Mo+6]. The molecule has 2 aromatic rings. The predicted octanol–water partition coefficient (Wildman–Crippen LogP) is -2.25. The van der Waals surface area contributed by atoms with Crippen LogP contribution in [0.2, 0.25) is 0 Å². The summed E-state index contributed by atoms with van der Waals surface area (Å²) in [5.74, 6) is 0.659. The average Bonchev–Trinajstić information content (AvgIpc) is 2.42. The van der Waals surface area contributed by atoms with Gasteiger partial charge in [-0.2, -0.15) is 15.6 Å². The standard InChI is InChI=1S/2C7H8O.Mo.2H3O4P/c2*1-6-2-4-7(8)5-3-6;;2*1-5(2,3)4/h2*2-5,8H,1H3;;2*(H3,1,2,3,4)/q;;+6;;/p-6. The first-order valence-corrected chi connectivity index (χ1v) is 9.47. The van der Waals surface area contributed by atoms with Crippen LogP contribution in [0.3, 0.4) is 0 Å². The minimum Gasteiger partial charge on any atom is -0.822 e. The summed E-state index contributed by atoms with van der Waals surface area (Å²) < 4.78 is 17.1. The molecular weight excluding hydrogens is 486 g/mol. The van der Waals surface area contributed by atoms with Crippen molar-refractivity contribution < 1.29 is 69.8 Å². The molecule has 0 unspecified atom stereocenters. The summed E-state index contributed by atoms with van der Waals surface area (Å²) >= 11 is 0. The van der Waals surface area contributed by atoms with Crippen molar-refractivity contribution in [1.82, 2.24) is 0 Å². The molecular formula is C14H16MoO10P2. The van der Waals surface area contributed by atoms with Gasteiger partial charge in [-0.25, -0.2) is 0 Å². The van der Waals surface area contributed by atoms with E-state index >= 15 is 0 Å². The van der Waals surface area contributed by atoms with Crippen molar-refractivity contribution in [1.29, 1.82) is 0 Å². The van der Waals surface area contributed by atoms with E-state index in [4.69, 9.17) is 48.7 Å². The molecule has 0 saturated heterocycles. The van der Waals surface area contributed by atoms with Crippen molar-refractivity contribution in [2.75, 3.05) is 0 Å². The van der Waals surface area contributed by atoms with Crippen molar-refractivity contribution in [3.8, 4) is 11.5 Å². The van der Waals surface area contributed by atoms with Gasteiger partial charge in [0.15, 0.2) is 0 Å². The molecule has 2 rings (SSSR count). The van der Waals surface area contributed by atoms with E-state index in [2.05, 4.69) is 0 Å². The molecule has 0 fully saturated rings. The van der Waals surface area contributed by atoms with Gasteiger partial charge in [0.2, 0.25) is 0 Å². The van der Waals surface area contributed by atoms with Gasteiger partial charge >= 0.3 is 21.1 Å². The zero-order valence-electron chi connectivity index (χ0n) is 14.1. The van der Waals surface area contributed by atoms with Crippen molar-refractivity contribution in [2.24, 2.45) is 0 Å². The molecule has 2 aromatic carbocycles. The van der Waals surface area contributed by atoms with Crippen LogP contribution in [0, 0.1) is 13.8 Å². The summed E-state index contributed by atoms with van der Waals surface area (Å²) in [6.45, 7) is 3.97. The minimum absolute atomic E-state index is 0. The summed E-state index contributed by atoms with van der Waals surface area (Å²) in [5, 5.41) is 17.5. The fourth-order valence-electron chi connectivity index (χ4n) is 1.09. The van der Waals surface area contributed by atoms with E-state index in [1.165, 1.54) is 11.1 Å². The summed E-state index contributed by atoms with van der Waals surface area (Å²) in [4.78, 5) is 51.3. The fourth-order valence-corrected chi connectivity index (χ4v) is 1.09. The molecule has 0 aromatic heterocycles. The normalized spacial score (nSPS) is 9.78. The molecule has 0 aliphatic carbocycles. The number of aromatic hydroxyl groups is 2. The van der Waals surface area contributed by atoms with Gasteiger partial charge in [0.1, 0.15) is 11.5 Å². The van der Waals surface area contributed by atoms with Gasteiger partial charge in [-0.1, -0.05) is 35.4 Å². The monoisotopic (exact) mass is 504 g/mol. The van der Waals surface area contributed by atoms with Gasteiger partial charge in [0.25, 0.3) is 0 Å². The Morgan fingerprint density at radius 1 is 0.593 bits per heavy atom. The summed E-state index contributed by atoms with van der Waals surface area (Å²) in [5.41, 5.74) is 2.34. The van der Waals surface area contributed by atoms with Gasteiger partial charge in [-0.15, -0.1) is 0 Å². The van der Waals surface area contributed by atoms with Crippen LogP contribution in [0.1, 0.15) is 11.1 Å². The number of rotatable bonds is 0. The number of phenolic OH excluding ortho intramolecular Hbond substituents is 2. The fraction of sp³-hybridized carbons (Fsp3) is 0.143. The van der Waals surface area contributed by atoms with Crippen LogP contribution in [-0.4, -0.2) is 10.2 Å². The first kappa shape index (κ1) is 30.7. The molecule has 10 nitrogen and oxygen atoms in total. The second kappa shape index (κ2) is 14.9. The van der Waals surface area contributed by atoms with Crippen molar-refractivity contribution >= 4 is 15.6 Å². The molecule has 0 atom stereocenters. The minimum atomic E-state index is -5.39. The maximum Gasteiger partial charge on any atom is 6.00 e. The van der Waals surface area contributed by atoms with Crippen LogP contribution < -0.4 is 29.4 Å². The smallest absolute Gasteiger partial charge is 0.822 e. The van der Waals surface area contributed by atoms with Crippen LogP contribution in [0.15, 0.2) is 48.5 Å². The van der Waals surface area contributed by atoms with Crippen molar-refractivity contribution in [3.05, 3.63) is 59.7 Å². The second-order valence-electron chi connectivity index (χ2n) is 4.57. The summed E-state index contributed by atoms with van der Waals surface area (Å²) in [6.07, 6.45) is 0. The second-order valence-corrected chi connectivity index (χ2v) is 6.35. The molecule has 0 aliphatic heterocycles. The molecule has 0 radical (unpaired) electrons. The average molecular weight is 502 g/mol. The first-order chi connectivity index (χ1) is 11.6. The number of hydrogen-bond acceptors (Lipinski definition) is 10. The van der Waals surface area contributed by atoms with E-state index in [0.717, 1.165) is 0 Å². The zero-order chi connectivity index (χ0) is 21.0. The van der Waals surface area contributed by atoms with Crippen LogP contribution in [-0.2, 0) is 30.2 Å². The maximum atomic E-state index is 8.76. The molecule has 2 N–H and O–H groups in total. The van der Waals surface area contributed by atoms with Gasteiger partial charge in [-0.05, 0) is 38.1 Å². The van der Waals surface area contributed by atoms with Crippen LogP contribution in [0.4, 0.5) is 0 Å². The predicted molar refractivity (Wildman–Crippen MR) is 80.9 cm³/mol. The zero-order valence-corrected chi connectivity index (χ0v) is 17.9. The number of hydrogen-bond donors (Lipinski definition) is 2. The Balaban J connectivity index is -0.000000289. The topological polar surface area (TPSA) is 213 Å². The van der Waals surface area contributed by atoms with Gasteiger partial charge < -0.3 is 48.7 Å². The van der Waals surface area contributed by atoms with Gasteiger partial charge in [0.05, 0.1) is 0 Å². The summed E-state index contributed by atoms with van der Waals surface area (Å²) in [6, 6.07) is 14.2. The third-order valence-corrected chi connectivity index (χ3v) is 2.07. The van der Waals surface area contributed by atoms with E-state index in [-0.39, 0.29) is 21.1 Å². The van der Waals surface area contributed by atoms with Gasteiger partial charge in [0, 0.05) is 0 Å². The molecule has 0 bridgehead atoms. The molecule has 148 valence electrons. The van der Waals surface area contributed by atoms with Crippen LogP contribution in [0.25, 0.3) is 0 Å². The quantitative estimate of drug-likeness (QED) is 0.292. The molecule has 0 aliphatic rings. The Hall–Kier alpha value is -1.05. The number of aryl methyl sites for hydroxylation is 2. The van der Waals surface area contributed by atoms with E-state index < -0.39 is 15.6 Å². The molecule has 0 amide bonds. The van der Waals surface area contributed by atoms with E-state index in [1.54, 1.807) is 24.3 Å². The number of benzene rings is 2. The molecule has 0 spiro atoms. The van der Waals surface area contributed by atoms with Crippen LogP contribution in [0.5, 0.6) is 11.5 Å². The largest absolute Gasteiger partial charge is 6.00 e. The maximum absolute atomic E-state index is 8.76. The number of phenols is 2. The Kier molecular flexibility index (Phi) is 17.0. The first-order valence-electron chi connectivity index (χ1n) is 6.55. The third-order valence-electron chi connectivity index (χ3n) is 2.07. The molecule has 27 heavy (non-hydrogen) atoms.